The van der Waals surface area contributed by atoms with Crippen LogP contribution in [0, 0.1) is 0 Å². The van der Waals surface area contributed by atoms with Crippen molar-refractivity contribution in [2.45, 2.75) is 45.0 Å². The Labute approximate surface area is 131 Å². The van der Waals surface area contributed by atoms with Crippen LogP contribution in [-0.2, 0) is 11.2 Å². The summed E-state index contributed by atoms with van der Waals surface area (Å²) in [5, 5.41) is 2.58. The predicted molar refractivity (Wildman–Crippen MR) is 79.0 cm³/mol. The van der Waals surface area contributed by atoms with Crippen LogP contribution in [-0.4, -0.2) is 23.9 Å². The van der Waals surface area contributed by atoms with E-state index in [9.17, 15) is 18.0 Å². The predicted octanol–water partition coefficient (Wildman–Crippen LogP) is 4.12. The van der Waals surface area contributed by atoms with Crippen molar-refractivity contribution in [3.8, 4) is 0 Å². The van der Waals surface area contributed by atoms with Crippen LogP contribution in [0.25, 0.3) is 0 Å². The van der Waals surface area contributed by atoms with Crippen LogP contribution in [0.1, 0.15) is 26.3 Å². The molecule has 0 aliphatic heterocycles. The van der Waals surface area contributed by atoms with Crippen molar-refractivity contribution < 1.29 is 22.7 Å². The molecular formula is C14H18ClF3N2O2. The molecule has 0 spiro atoms. The second kappa shape index (κ2) is 6.75. The van der Waals surface area contributed by atoms with Crippen LogP contribution in [0.3, 0.4) is 0 Å². The van der Waals surface area contributed by atoms with Crippen molar-refractivity contribution >= 4 is 23.4 Å². The van der Waals surface area contributed by atoms with Crippen molar-refractivity contribution in [2.75, 3.05) is 5.32 Å². The summed E-state index contributed by atoms with van der Waals surface area (Å²) in [5.74, 6) is 0. The zero-order chi connectivity index (χ0) is 17.1. The number of carbonyl (C=O) groups excluding carboxylic acids is 1. The lowest BCUT2D eigenvalue weighted by Crippen LogP contribution is -2.39. The average molecular weight is 339 g/mol. The lowest BCUT2D eigenvalue weighted by molar-refractivity contribution is -0.147. The Morgan fingerprint density at radius 3 is 2.45 bits per heavy atom. The van der Waals surface area contributed by atoms with E-state index < -0.39 is 30.3 Å². The molecule has 1 aromatic carbocycles. The molecule has 1 rings (SSSR count). The summed E-state index contributed by atoms with van der Waals surface area (Å²) < 4.78 is 42.6. The minimum atomic E-state index is -4.52. The number of hydrogen-bond donors (Lipinski definition) is 2. The highest BCUT2D eigenvalue weighted by Gasteiger charge is 2.36. The molecule has 1 atom stereocenters. The number of benzene rings is 1. The van der Waals surface area contributed by atoms with E-state index in [0.29, 0.717) is 0 Å². The minimum Gasteiger partial charge on any atom is -0.444 e. The van der Waals surface area contributed by atoms with Gasteiger partial charge in [-0.05, 0) is 51.0 Å². The van der Waals surface area contributed by atoms with E-state index in [-0.39, 0.29) is 16.3 Å². The molecule has 0 radical (unpaired) electrons. The molecule has 8 heteroatoms. The molecule has 0 saturated heterocycles. The van der Waals surface area contributed by atoms with Gasteiger partial charge in [-0.3, -0.25) is 5.32 Å². The van der Waals surface area contributed by atoms with Crippen LogP contribution in [0.5, 0.6) is 0 Å². The number of rotatable bonds is 3. The number of anilines is 1. The molecule has 0 aromatic heterocycles. The summed E-state index contributed by atoms with van der Waals surface area (Å²) in [6, 6.07) is 2.18. The summed E-state index contributed by atoms with van der Waals surface area (Å²) in [4.78, 5) is 11.6. The first-order chi connectivity index (χ1) is 9.88. The van der Waals surface area contributed by atoms with Gasteiger partial charge in [-0.1, -0.05) is 11.6 Å². The van der Waals surface area contributed by atoms with Gasteiger partial charge in [-0.25, -0.2) is 4.79 Å². The van der Waals surface area contributed by atoms with E-state index in [2.05, 4.69) is 5.32 Å². The molecule has 0 aliphatic carbocycles. The molecule has 0 bridgehead atoms. The number of alkyl halides is 3. The van der Waals surface area contributed by atoms with Crippen molar-refractivity contribution in [2.24, 2.45) is 5.73 Å². The molecule has 0 saturated carbocycles. The Morgan fingerprint density at radius 1 is 1.36 bits per heavy atom. The van der Waals surface area contributed by atoms with E-state index in [4.69, 9.17) is 22.1 Å². The van der Waals surface area contributed by atoms with Gasteiger partial charge in [0.15, 0.2) is 0 Å². The third kappa shape index (κ3) is 6.11. The average Bonchev–Trinajstić information content (AvgIpc) is 2.29. The maximum Gasteiger partial charge on any atom is 0.412 e. The van der Waals surface area contributed by atoms with E-state index in [0.717, 1.165) is 0 Å². The Kier molecular flexibility index (Phi) is 5.70. The Morgan fingerprint density at radius 2 is 1.95 bits per heavy atom. The second-order valence-electron chi connectivity index (χ2n) is 5.79. The molecule has 0 heterocycles. The maximum absolute atomic E-state index is 12.5. The summed E-state index contributed by atoms with van der Waals surface area (Å²) in [6.45, 7) is 5.09. The Balaban J connectivity index is 2.84. The molecular weight excluding hydrogens is 321 g/mol. The monoisotopic (exact) mass is 338 g/mol. The van der Waals surface area contributed by atoms with E-state index in [1.54, 1.807) is 20.8 Å². The van der Waals surface area contributed by atoms with Gasteiger partial charge < -0.3 is 10.5 Å². The minimum absolute atomic E-state index is 0.148. The van der Waals surface area contributed by atoms with Crippen LogP contribution in [0.15, 0.2) is 18.2 Å². The lowest BCUT2D eigenvalue weighted by atomic mass is 10.1. The van der Waals surface area contributed by atoms with Crippen molar-refractivity contribution in [1.29, 1.82) is 0 Å². The van der Waals surface area contributed by atoms with E-state index >= 15 is 0 Å². The number of hydrogen-bond acceptors (Lipinski definition) is 3. The summed E-state index contributed by atoms with van der Waals surface area (Å²) in [6.07, 6.45) is -5.70. The highest BCUT2D eigenvalue weighted by Crippen LogP contribution is 2.27. The van der Waals surface area contributed by atoms with Crippen LogP contribution < -0.4 is 11.1 Å². The third-order valence-corrected chi connectivity index (χ3v) is 2.92. The zero-order valence-electron chi connectivity index (χ0n) is 12.4. The molecule has 3 N–H and O–H groups in total. The highest BCUT2D eigenvalue weighted by molar-refractivity contribution is 6.31. The quantitative estimate of drug-likeness (QED) is 0.871. The smallest absolute Gasteiger partial charge is 0.412 e. The largest absolute Gasteiger partial charge is 0.444 e. The standard InChI is InChI=1S/C14H18ClF3N2O2/c1-13(2,3)22-12(21)20-9-4-5-10(15)8(6-9)7-11(19)14(16,17)18/h4-6,11H,7,19H2,1-3H3,(H,20,21). The summed E-state index contributed by atoms with van der Waals surface area (Å²) in [7, 11) is 0. The van der Waals surface area contributed by atoms with Gasteiger partial charge in [-0.2, -0.15) is 13.2 Å². The molecule has 124 valence electrons. The van der Waals surface area contributed by atoms with Crippen LogP contribution in [0.2, 0.25) is 5.02 Å². The molecule has 1 amide bonds. The number of nitrogens with one attached hydrogen (secondary N) is 1. The third-order valence-electron chi connectivity index (χ3n) is 2.55. The molecule has 22 heavy (non-hydrogen) atoms. The van der Waals surface area contributed by atoms with Gasteiger partial charge in [0, 0.05) is 10.7 Å². The Hall–Kier alpha value is -1.47. The van der Waals surface area contributed by atoms with Crippen molar-refractivity contribution in [3.63, 3.8) is 0 Å². The first-order valence-corrected chi connectivity index (χ1v) is 6.87. The topological polar surface area (TPSA) is 64.3 Å². The lowest BCUT2D eigenvalue weighted by Gasteiger charge is -2.20. The van der Waals surface area contributed by atoms with Crippen molar-refractivity contribution in [1.82, 2.24) is 0 Å². The molecule has 1 unspecified atom stereocenters. The molecule has 4 nitrogen and oxygen atoms in total. The first kappa shape index (κ1) is 18.6. The number of nitrogens with two attached hydrogens (primary N) is 1. The maximum atomic E-state index is 12.5. The normalized spacial score (nSPS) is 13.6. The summed E-state index contributed by atoms with van der Waals surface area (Å²) in [5.41, 5.74) is 4.88. The number of ether oxygens (including phenoxy) is 1. The molecule has 0 fully saturated rings. The molecule has 1 aromatic rings. The SMILES string of the molecule is CC(C)(C)OC(=O)Nc1ccc(Cl)c(CC(N)C(F)(F)F)c1. The number of halogens is 4. The van der Waals surface area contributed by atoms with Gasteiger partial charge in [0.05, 0.1) is 0 Å². The fourth-order valence-electron chi connectivity index (χ4n) is 1.58. The first-order valence-electron chi connectivity index (χ1n) is 6.49. The number of carbonyl (C=O) groups is 1. The van der Waals surface area contributed by atoms with E-state index in [1.807, 2.05) is 0 Å². The zero-order valence-corrected chi connectivity index (χ0v) is 13.2. The second-order valence-corrected chi connectivity index (χ2v) is 6.19. The highest BCUT2D eigenvalue weighted by atomic mass is 35.5. The summed E-state index contributed by atoms with van der Waals surface area (Å²) >= 11 is 5.87. The van der Waals surface area contributed by atoms with Crippen molar-refractivity contribution in [3.05, 3.63) is 28.8 Å². The molecule has 0 aliphatic rings. The fraction of sp³-hybridized carbons (Fsp3) is 0.500. The van der Waals surface area contributed by atoms with Gasteiger partial charge in [0.1, 0.15) is 11.6 Å². The Bertz CT molecular complexity index is 542. The van der Waals surface area contributed by atoms with Crippen LogP contribution in [0.4, 0.5) is 23.7 Å². The van der Waals surface area contributed by atoms with Crippen LogP contribution >= 0.6 is 11.6 Å². The fourth-order valence-corrected chi connectivity index (χ4v) is 1.78. The van der Waals surface area contributed by atoms with Gasteiger partial charge in [0.25, 0.3) is 0 Å². The number of amides is 1. The van der Waals surface area contributed by atoms with Gasteiger partial charge in [-0.15, -0.1) is 0 Å². The van der Waals surface area contributed by atoms with Gasteiger partial charge >= 0.3 is 12.3 Å². The van der Waals surface area contributed by atoms with Gasteiger partial charge in [0.2, 0.25) is 0 Å². The van der Waals surface area contributed by atoms with E-state index in [1.165, 1.54) is 18.2 Å².